The minimum atomic E-state index is -4.53. The van der Waals surface area contributed by atoms with Crippen LogP contribution < -0.4 is 14.9 Å². The molecule has 9 nitrogen and oxygen atoms in total. The van der Waals surface area contributed by atoms with Crippen LogP contribution in [0.1, 0.15) is 31.2 Å². The highest BCUT2D eigenvalue weighted by Crippen LogP contribution is 2.31. The van der Waals surface area contributed by atoms with E-state index in [2.05, 4.69) is 25.0 Å². The summed E-state index contributed by atoms with van der Waals surface area (Å²) in [5, 5.41) is 7.16. The molecular weight excluding hydrogens is 485 g/mol. The lowest BCUT2D eigenvalue weighted by molar-refractivity contribution is -0.137. The van der Waals surface area contributed by atoms with Crippen molar-refractivity contribution in [3.05, 3.63) is 48.0 Å². The summed E-state index contributed by atoms with van der Waals surface area (Å²) in [6, 6.07) is 8.59. The summed E-state index contributed by atoms with van der Waals surface area (Å²) in [6.07, 6.45) is -1.78. The third kappa shape index (κ3) is 5.10. The number of sulfonamides is 1. The van der Waals surface area contributed by atoms with Crippen LogP contribution in [0.5, 0.6) is 0 Å². The van der Waals surface area contributed by atoms with Gasteiger partial charge in [0.2, 0.25) is 21.9 Å². The first-order valence-electron chi connectivity index (χ1n) is 11.2. The molecule has 35 heavy (non-hydrogen) atoms. The van der Waals surface area contributed by atoms with Crippen LogP contribution in [0.4, 0.5) is 24.9 Å². The number of piperidine rings is 1. The van der Waals surface area contributed by atoms with Gasteiger partial charge in [0.05, 0.1) is 10.5 Å². The quantitative estimate of drug-likeness (QED) is 0.530. The summed E-state index contributed by atoms with van der Waals surface area (Å²) in [6.45, 7) is 1.06. The molecular formula is C22H23F3N6O3S. The number of benzene rings is 1. The summed E-state index contributed by atoms with van der Waals surface area (Å²) < 4.78 is 67.9. The molecule has 1 aliphatic heterocycles. The van der Waals surface area contributed by atoms with Crippen molar-refractivity contribution in [1.82, 2.24) is 19.3 Å². The number of nitrogens with one attached hydrogen (secondary N) is 2. The van der Waals surface area contributed by atoms with E-state index >= 15 is 0 Å². The van der Waals surface area contributed by atoms with Crippen molar-refractivity contribution in [2.75, 3.05) is 23.3 Å². The molecule has 13 heteroatoms. The van der Waals surface area contributed by atoms with Crippen LogP contribution >= 0.6 is 0 Å². The maximum Gasteiger partial charge on any atom is 0.416 e. The molecule has 1 aliphatic carbocycles. The van der Waals surface area contributed by atoms with E-state index in [4.69, 9.17) is 0 Å². The normalized spacial score (nSPS) is 17.6. The number of alkyl halides is 3. The number of anilines is 2. The highest BCUT2D eigenvalue weighted by Gasteiger charge is 2.32. The summed E-state index contributed by atoms with van der Waals surface area (Å²) in [5.74, 6) is 0.967. The van der Waals surface area contributed by atoms with Gasteiger partial charge < -0.3 is 4.90 Å². The molecule has 2 fully saturated rings. The average Bonchev–Trinajstić information content (AvgIpc) is 3.59. The fourth-order valence-corrected chi connectivity index (χ4v) is 5.38. The van der Waals surface area contributed by atoms with E-state index in [-0.39, 0.29) is 28.7 Å². The molecule has 1 saturated carbocycles. The zero-order valence-corrected chi connectivity index (χ0v) is 19.3. The lowest BCUT2D eigenvalue weighted by atomic mass is 10.1. The minimum absolute atomic E-state index is 0.0338. The van der Waals surface area contributed by atoms with Crippen molar-refractivity contribution in [2.24, 2.45) is 5.92 Å². The lowest BCUT2D eigenvalue weighted by Gasteiger charge is -2.33. The second-order valence-electron chi connectivity index (χ2n) is 8.76. The molecule has 1 amide bonds. The van der Waals surface area contributed by atoms with Gasteiger partial charge in [0.25, 0.3) is 0 Å². The number of fused-ring (bicyclic) bond motifs is 1. The van der Waals surface area contributed by atoms with Gasteiger partial charge >= 0.3 is 6.18 Å². The van der Waals surface area contributed by atoms with Gasteiger partial charge in [0.1, 0.15) is 5.82 Å². The number of amides is 1. The third-order valence-electron chi connectivity index (χ3n) is 6.16. The highest BCUT2D eigenvalue weighted by atomic mass is 32.2. The number of hydrogen-bond donors (Lipinski definition) is 2. The number of rotatable bonds is 6. The van der Waals surface area contributed by atoms with E-state index < -0.39 is 21.8 Å². The Kier molecular flexibility index (Phi) is 5.91. The molecule has 3 heterocycles. The number of halogens is 3. The van der Waals surface area contributed by atoms with Gasteiger partial charge in [0.15, 0.2) is 5.65 Å². The number of carbonyl (C=O) groups is 1. The molecule has 3 aromatic rings. The van der Waals surface area contributed by atoms with Crippen molar-refractivity contribution < 1.29 is 26.4 Å². The predicted molar refractivity (Wildman–Crippen MR) is 121 cm³/mol. The Morgan fingerprint density at radius 1 is 1.00 bits per heavy atom. The Bertz CT molecular complexity index is 1350. The van der Waals surface area contributed by atoms with Crippen LogP contribution in [0, 0.1) is 5.92 Å². The summed E-state index contributed by atoms with van der Waals surface area (Å²) >= 11 is 0. The Morgan fingerprint density at radius 2 is 1.69 bits per heavy atom. The van der Waals surface area contributed by atoms with Crippen LogP contribution in [-0.4, -0.2) is 48.1 Å². The molecule has 1 saturated heterocycles. The van der Waals surface area contributed by atoms with Crippen LogP contribution in [0.25, 0.3) is 5.65 Å². The number of nitrogens with zero attached hydrogens (tertiary/aromatic N) is 4. The van der Waals surface area contributed by atoms with Crippen molar-refractivity contribution in [1.29, 1.82) is 0 Å². The van der Waals surface area contributed by atoms with Crippen molar-refractivity contribution >= 4 is 33.3 Å². The van der Waals surface area contributed by atoms with Gasteiger partial charge in [-0.2, -0.15) is 22.7 Å². The second-order valence-corrected chi connectivity index (χ2v) is 10.5. The Morgan fingerprint density at radius 3 is 2.31 bits per heavy atom. The molecule has 2 N–H and O–H groups in total. The maximum absolute atomic E-state index is 12.8. The standard InChI is InChI=1S/C22H23F3N6O3S/c23-22(24,25)15-6-8-17(9-7-15)35(33,34)29-16-10-12-30(13-11-16)19-3-1-2-18-26-21(28-31(18)19)27-20(32)14-4-5-14/h1-3,6-9,14,16,29H,4-5,10-13H2,(H,27,28,32). The van der Waals surface area contributed by atoms with Crippen LogP contribution in [-0.2, 0) is 21.0 Å². The molecule has 5 rings (SSSR count). The van der Waals surface area contributed by atoms with E-state index in [0.717, 1.165) is 42.9 Å². The predicted octanol–water partition coefficient (Wildman–Crippen LogP) is 3.04. The smallest absolute Gasteiger partial charge is 0.356 e. The first kappa shape index (κ1) is 23.5. The number of hydrogen-bond acceptors (Lipinski definition) is 6. The van der Waals surface area contributed by atoms with Gasteiger partial charge in [-0.15, -0.1) is 5.10 Å². The summed E-state index contributed by atoms with van der Waals surface area (Å²) in [7, 11) is -3.95. The monoisotopic (exact) mass is 508 g/mol. The molecule has 0 bridgehead atoms. The fraction of sp³-hybridized carbons (Fsp3) is 0.409. The highest BCUT2D eigenvalue weighted by molar-refractivity contribution is 7.89. The Hall–Kier alpha value is -3.19. The molecule has 2 aliphatic rings. The van der Waals surface area contributed by atoms with E-state index in [1.165, 1.54) is 0 Å². The van der Waals surface area contributed by atoms with Crippen molar-refractivity contribution in [3.63, 3.8) is 0 Å². The molecule has 2 aromatic heterocycles. The second kappa shape index (κ2) is 8.79. The number of pyridine rings is 1. The van der Waals surface area contributed by atoms with Gasteiger partial charge in [-0.25, -0.2) is 13.1 Å². The zero-order valence-electron chi connectivity index (χ0n) is 18.5. The van der Waals surface area contributed by atoms with Crippen molar-refractivity contribution in [2.45, 2.75) is 42.8 Å². The molecule has 0 spiro atoms. The molecule has 186 valence electrons. The largest absolute Gasteiger partial charge is 0.416 e. The van der Waals surface area contributed by atoms with E-state index in [9.17, 15) is 26.4 Å². The topological polar surface area (TPSA) is 109 Å². The SMILES string of the molecule is O=C(Nc1nc2cccc(N3CCC(NS(=O)(=O)c4ccc(C(F)(F)F)cc4)CC3)n2n1)C1CC1. The molecule has 0 unspecified atom stereocenters. The van der Waals surface area contributed by atoms with E-state index in [0.29, 0.717) is 31.6 Å². The Balaban J connectivity index is 1.24. The van der Waals surface area contributed by atoms with Gasteiger partial charge in [-0.05, 0) is 62.1 Å². The number of aromatic nitrogens is 3. The summed E-state index contributed by atoms with van der Waals surface area (Å²) in [5.41, 5.74) is -0.318. The van der Waals surface area contributed by atoms with Crippen molar-refractivity contribution in [3.8, 4) is 0 Å². The third-order valence-corrected chi connectivity index (χ3v) is 7.69. The van der Waals surface area contributed by atoms with E-state index in [1.807, 2.05) is 12.1 Å². The van der Waals surface area contributed by atoms with Gasteiger partial charge in [0, 0.05) is 25.0 Å². The van der Waals surface area contributed by atoms with Gasteiger partial charge in [-0.1, -0.05) is 6.07 Å². The van der Waals surface area contributed by atoms with E-state index in [1.54, 1.807) is 10.6 Å². The maximum atomic E-state index is 12.8. The first-order valence-corrected chi connectivity index (χ1v) is 12.7. The fourth-order valence-electron chi connectivity index (χ4n) is 4.08. The minimum Gasteiger partial charge on any atom is -0.356 e. The van der Waals surface area contributed by atoms with Crippen LogP contribution in [0.15, 0.2) is 47.4 Å². The summed E-state index contributed by atoms with van der Waals surface area (Å²) in [4.78, 5) is 18.2. The number of carbonyl (C=O) groups excluding carboxylic acids is 1. The lowest BCUT2D eigenvalue weighted by Crippen LogP contribution is -2.45. The molecule has 1 aromatic carbocycles. The van der Waals surface area contributed by atoms with Crippen LogP contribution in [0.3, 0.4) is 0 Å². The zero-order chi connectivity index (χ0) is 24.8. The van der Waals surface area contributed by atoms with Gasteiger partial charge in [-0.3, -0.25) is 10.1 Å². The average molecular weight is 509 g/mol. The van der Waals surface area contributed by atoms with Crippen LogP contribution in [0.2, 0.25) is 0 Å². The Labute approximate surface area is 199 Å². The molecule has 0 radical (unpaired) electrons. The first-order chi connectivity index (χ1) is 16.6. The molecule has 0 atom stereocenters.